The second kappa shape index (κ2) is 6.05. The molecular formula is C11H17N3O3. The van der Waals surface area contributed by atoms with Crippen LogP contribution in [-0.4, -0.2) is 32.2 Å². The Balaban J connectivity index is 2.78. The summed E-state index contributed by atoms with van der Waals surface area (Å²) in [6.45, 7) is 1.42. The Bertz CT molecular complexity index is 396. The maximum atomic E-state index is 10.7. The zero-order valence-electron chi connectivity index (χ0n) is 10.0. The summed E-state index contributed by atoms with van der Waals surface area (Å²) in [6, 6.07) is 4.59. The summed E-state index contributed by atoms with van der Waals surface area (Å²) in [6.07, 6.45) is 0.857. The van der Waals surface area contributed by atoms with E-state index < -0.39 is 4.92 Å². The zero-order chi connectivity index (χ0) is 12.8. The van der Waals surface area contributed by atoms with Crippen LogP contribution in [0.1, 0.15) is 6.42 Å². The van der Waals surface area contributed by atoms with Gasteiger partial charge in [0.1, 0.15) is 0 Å². The Morgan fingerprint density at radius 3 is 2.76 bits per heavy atom. The Hall–Kier alpha value is -1.82. The molecular weight excluding hydrogens is 222 g/mol. The second-order valence-electron chi connectivity index (χ2n) is 3.81. The molecule has 1 rings (SSSR count). The third kappa shape index (κ3) is 3.92. The van der Waals surface area contributed by atoms with Crippen molar-refractivity contribution in [2.24, 2.45) is 0 Å². The summed E-state index contributed by atoms with van der Waals surface area (Å²) in [5, 5.41) is 10.7. The normalized spacial score (nSPS) is 10.2. The fourth-order valence-corrected chi connectivity index (χ4v) is 1.52. The van der Waals surface area contributed by atoms with E-state index in [9.17, 15) is 10.1 Å². The molecule has 0 fully saturated rings. The van der Waals surface area contributed by atoms with E-state index in [1.54, 1.807) is 13.2 Å². The average Bonchev–Trinajstić information content (AvgIpc) is 2.28. The van der Waals surface area contributed by atoms with Gasteiger partial charge in [0.25, 0.3) is 5.69 Å². The SMILES string of the molecule is COCCCN(C)c1cc(N)cc([N+](=O)[O-])c1. The zero-order valence-corrected chi connectivity index (χ0v) is 10.0. The van der Waals surface area contributed by atoms with E-state index in [0.29, 0.717) is 12.3 Å². The minimum atomic E-state index is -0.442. The van der Waals surface area contributed by atoms with E-state index in [4.69, 9.17) is 10.5 Å². The molecule has 0 saturated carbocycles. The molecule has 0 aliphatic heterocycles. The third-order valence-corrected chi connectivity index (χ3v) is 2.42. The Morgan fingerprint density at radius 1 is 1.47 bits per heavy atom. The molecule has 94 valence electrons. The summed E-state index contributed by atoms with van der Waals surface area (Å²) in [5.41, 5.74) is 6.79. The van der Waals surface area contributed by atoms with E-state index in [1.165, 1.54) is 12.1 Å². The van der Waals surface area contributed by atoms with Crippen LogP contribution in [0.5, 0.6) is 0 Å². The molecule has 1 aromatic carbocycles. The number of hydrogen-bond donors (Lipinski definition) is 1. The first kappa shape index (κ1) is 13.2. The Morgan fingerprint density at radius 2 is 2.18 bits per heavy atom. The van der Waals surface area contributed by atoms with E-state index in [0.717, 1.165) is 18.7 Å². The number of ether oxygens (including phenoxy) is 1. The van der Waals surface area contributed by atoms with Gasteiger partial charge in [-0.1, -0.05) is 0 Å². The molecule has 0 bridgehead atoms. The van der Waals surface area contributed by atoms with Crippen LogP contribution in [0.3, 0.4) is 0 Å². The number of methoxy groups -OCH3 is 1. The molecule has 0 aromatic heterocycles. The number of nitrogens with zero attached hydrogens (tertiary/aromatic N) is 2. The van der Waals surface area contributed by atoms with Gasteiger partial charge in [-0.25, -0.2) is 0 Å². The van der Waals surface area contributed by atoms with Crippen molar-refractivity contribution in [2.45, 2.75) is 6.42 Å². The van der Waals surface area contributed by atoms with Crippen molar-refractivity contribution in [3.8, 4) is 0 Å². The summed E-state index contributed by atoms with van der Waals surface area (Å²) in [5.74, 6) is 0. The van der Waals surface area contributed by atoms with Crippen molar-refractivity contribution in [3.05, 3.63) is 28.3 Å². The molecule has 0 spiro atoms. The van der Waals surface area contributed by atoms with Crippen molar-refractivity contribution in [1.29, 1.82) is 0 Å². The monoisotopic (exact) mass is 239 g/mol. The van der Waals surface area contributed by atoms with Crippen LogP contribution in [0, 0.1) is 10.1 Å². The van der Waals surface area contributed by atoms with Gasteiger partial charge in [-0.15, -0.1) is 0 Å². The molecule has 6 heteroatoms. The number of nitrogen functional groups attached to an aromatic ring is 1. The van der Waals surface area contributed by atoms with Gasteiger partial charge in [0, 0.05) is 50.8 Å². The molecule has 0 radical (unpaired) electrons. The maximum absolute atomic E-state index is 10.7. The molecule has 2 N–H and O–H groups in total. The Kier molecular flexibility index (Phi) is 4.71. The van der Waals surface area contributed by atoms with Gasteiger partial charge in [0.05, 0.1) is 4.92 Å². The van der Waals surface area contributed by atoms with Gasteiger partial charge >= 0.3 is 0 Å². The highest BCUT2D eigenvalue weighted by atomic mass is 16.6. The predicted octanol–water partition coefficient (Wildman–Crippen LogP) is 1.65. The molecule has 6 nitrogen and oxygen atoms in total. The van der Waals surface area contributed by atoms with Gasteiger partial charge in [-0.3, -0.25) is 10.1 Å². The van der Waals surface area contributed by atoms with Crippen molar-refractivity contribution >= 4 is 17.1 Å². The quantitative estimate of drug-likeness (QED) is 0.353. The van der Waals surface area contributed by atoms with Gasteiger partial charge in [0.15, 0.2) is 0 Å². The molecule has 0 aliphatic rings. The van der Waals surface area contributed by atoms with Crippen LogP contribution in [-0.2, 0) is 4.74 Å². The summed E-state index contributed by atoms with van der Waals surface area (Å²) in [7, 11) is 3.51. The van der Waals surface area contributed by atoms with Gasteiger partial charge in [-0.05, 0) is 12.5 Å². The average molecular weight is 239 g/mol. The highest BCUT2D eigenvalue weighted by Crippen LogP contribution is 2.24. The Labute approximate surface area is 100 Å². The first-order valence-corrected chi connectivity index (χ1v) is 5.29. The number of anilines is 2. The van der Waals surface area contributed by atoms with Crippen molar-refractivity contribution < 1.29 is 9.66 Å². The summed E-state index contributed by atoms with van der Waals surface area (Å²) < 4.78 is 4.95. The predicted molar refractivity (Wildman–Crippen MR) is 67.3 cm³/mol. The smallest absolute Gasteiger partial charge is 0.273 e. The van der Waals surface area contributed by atoms with Crippen LogP contribution in [0.2, 0.25) is 0 Å². The lowest BCUT2D eigenvalue weighted by molar-refractivity contribution is -0.384. The van der Waals surface area contributed by atoms with Gasteiger partial charge in [-0.2, -0.15) is 0 Å². The molecule has 0 aliphatic carbocycles. The number of benzene rings is 1. The minimum absolute atomic E-state index is 0.0126. The molecule has 0 saturated heterocycles. The molecule has 17 heavy (non-hydrogen) atoms. The summed E-state index contributed by atoms with van der Waals surface area (Å²) in [4.78, 5) is 12.2. The lowest BCUT2D eigenvalue weighted by Crippen LogP contribution is -2.19. The largest absolute Gasteiger partial charge is 0.398 e. The fraction of sp³-hybridized carbons (Fsp3) is 0.455. The highest BCUT2D eigenvalue weighted by molar-refractivity contribution is 5.62. The van der Waals surface area contributed by atoms with E-state index >= 15 is 0 Å². The second-order valence-corrected chi connectivity index (χ2v) is 3.81. The van der Waals surface area contributed by atoms with E-state index in [2.05, 4.69) is 0 Å². The van der Waals surface area contributed by atoms with Crippen LogP contribution in [0.4, 0.5) is 17.1 Å². The number of rotatable bonds is 6. The number of nitrogens with two attached hydrogens (primary N) is 1. The van der Waals surface area contributed by atoms with E-state index in [-0.39, 0.29) is 5.69 Å². The van der Waals surface area contributed by atoms with Crippen molar-refractivity contribution in [2.75, 3.05) is 37.9 Å². The summed E-state index contributed by atoms with van der Waals surface area (Å²) >= 11 is 0. The molecule has 0 unspecified atom stereocenters. The van der Waals surface area contributed by atoms with Crippen molar-refractivity contribution in [3.63, 3.8) is 0 Å². The van der Waals surface area contributed by atoms with Crippen LogP contribution >= 0.6 is 0 Å². The lowest BCUT2D eigenvalue weighted by atomic mass is 10.2. The lowest BCUT2D eigenvalue weighted by Gasteiger charge is -2.19. The van der Waals surface area contributed by atoms with Crippen LogP contribution < -0.4 is 10.6 Å². The fourth-order valence-electron chi connectivity index (χ4n) is 1.52. The molecule has 0 atom stereocenters. The first-order valence-electron chi connectivity index (χ1n) is 5.29. The number of nitro benzene ring substituents is 1. The number of hydrogen-bond acceptors (Lipinski definition) is 5. The maximum Gasteiger partial charge on any atom is 0.273 e. The number of non-ortho nitro benzene ring substituents is 1. The molecule has 0 amide bonds. The van der Waals surface area contributed by atoms with Crippen LogP contribution in [0.15, 0.2) is 18.2 Å². The van der Waals surface area contributed by atoms with Gasteiger partial charge < -0.3 is 15.4 Å². The molecule has 0 heterocycles. The topological polar surface area (TPSA) is 81.6 Å². The van der Waals surface area contributed by atoms with Crippen molar-refractivity contribution in [1.82, 2.24) is 0 Å². The van der Waals surface area contributed by atoms with Gasteiger partial charge in [0.2, 0.25) is 0 Å². The molecule has 1 aromatic rings. The highest BCUT2D eigenvalue weighted by Gasteiger charge is 2.10. The third-order valence-electron chi connectivity index (χ3n) is 2.42. The standard InChI is InChI=1S/C11H17N3O3/c1-13(4-3-5-17-2)10-6-9(12)7-11(8-10)14(15)16/h6-8H,3-5,12H2,1-2H3. The first-order chi connectivity index (χ1) is 8.04. The minimum Gasteiger partial charge on any atom is -0.398 e. The number of nitro groups is 1. The van der Waals surface area contributed by atoms with Crippen LogP contribution in [0.25, 0.3) is 0 Å². The van der Waals surface area contributed by atoms with E-state index in [1.807, 2.05) is 11.9 Å².